The fraction of sp³-hybridized carbons (Fsp3) is 0.533. The lowest BCUT2D eigenvalue weighted by Crippen LogP contribution is -2.25. The van der Waals surface area contributed by atoms with Crippen molar-refractivity contribution in [3.63, 3.8) is 0 Å². The van der Waals surface area contributed by atoms with E-state index in [0.717, 1.165) is 5.56 Å². The minimum atomic E-state index is -0.494. The van der Waals surface area contributed by atoms with Crippen molar-refractivity contribution < 1.29 is 9.90 Å². The van der Waals surface area contributed by atoms with Gasteiger partial charge in [0, 0.05) is 13.1 Å². The molecule has 1 aromatic carbocycles. The lowest BCUT2D eigenvalue weighted by Gasteiger charge is -2.20. The Morgan fingerprint density at radius 2 is 1.89 bits per heavy atom. The second-order valence-electron chi connectivity index (χ2n) is 6.08. The highest BCUT2D eigenvalue weighted by molar-refractivity contribution is 5.79. The molecule has 0 bridgehead atoms. The highest BCUT2D eigenvalue weighted by Gasteiger charge is 2.27. The minimum Gasteiger partial charge on any atom is -0.391 e. The van der Waals surface area contributed by atoms with E-state index in [2.05, 4.69) is 45.0 Å². The maximum Gasteiger partial charge on any atom is 0.225 e. The van der Waals surface area contributed by atoms with Crippen LogP contribution in [0.25, 0.3) is 0 Å². The number of amides is 1. The lowest BCUT2D eigenvalue weighted by molar-refractivity contribution is -0.128. The van der Waals surface area contributed by atoms with Crippen LogP contribution in [0.3, 0.4) is 0 Å². The molecule has 0 saturated carbocycles. The maximum absolute atomic E-state index is 11.6. The Bertz CT molecular complexity index is 431. The Morgan fingerprint density at radius 3 is 2.33 bits per heavy atom. The summed E-state index contributed by atoms with van der Waals surface area (Å²) in [6, 6.07) is 8.37. The highest BCUT2D eigenvalue weighted by Crippen LogP contribution is 2.23. The van der Waals surface area contributed by atoms with Crippen molar-refractivity contribution in [2.75, 3.05) is 6.54 Å². The average Bonchev–Trinajstić information content (AvgIpc) is 2.57. The first-order valence-corrected chi connectivity index (χ1v) is 6.41. The molecule has 3 nitrogen and oxygen atoms in total. The summed E-state index contributed by atoms with van der Waals surface area (Å²) in [6.07, 6.45) is -0.230. The fourth-order valence-corrected chi connectivity index (χ4v) is 2.23. The molecule has 18 heavy (non-hydrogen) atoms. The van der Waals surface area contributed by atoms with Gasteiger partial charge in [0.05, 0.1) is 12.5 Å². The van der Waals surface area contributed by atoms with Crippen molar-refractivity contribution in [2.45, 2.75) is 45.3 Å². The third kappa shape index (κ3) is 2.91. The van der Waals surface area contributed by atoms with Gasteiger partial charge < -0.3 is 10.0 Å². The number of hydrogen-bond donors (Lipinski definition) is 1. The van der Waals surface area contributed by atoms with Crippen LogP contribution in [-0.2, 0) is 16.8 Å². The zero-order chi connectivity index (χ0) is 13.3. The summed E-state index contributed by atoms with van der Waals surface area (Å²) in [6.45, 7) is 7.60. The highest BCUT2D eigenvalue weighted by atomic mass is 16.3. The topological polar surface area (TPSA) is 40.5 Å². The van der Waals surface area contributed by atoms with Crippen LogP contribution in [0.4, 0.5) is 0 Å². The summed E-state index contributed by atoms with van der Waals surface area (Å²) in [4.78, 5) is 13.3. The molecule has 1 N–H and O–H groups in total. The predicted octanol–water partition coefficient (Wildman–Crippen LogP) is 2.08. The Labute approximate surface area is 108 Å². The first kappa shape index (κ1) is 13.1. The van der Waals surface area contributed by atoms with Gasteiger partial charge in [0.25, 0.3) is 0 Å². The monoisotopic (exact) mass is 247 g/mol. The molecule has 0 spiro atoms. The Balaban J connectivity index is 2.05. The van der Waals surface area contributed by atoms with Crippen molar-refractivity contribution in [1.29, 1.82) is 0 Å². The van der Waals surface area contributed by atoms with Crippen LogP contribution in [-0.4, -0.2) is 28.6 Å². The molecule has 98 valence electrons. The normalized spacial score (nSPS) is 20.6. The van der Waals surface area contributed by atoms with Crippen LogP contribution >= 0.6 is 0 Å². The first-order valence-electron chi connectivity index (χ1n) is 6.41. The minimum absolute atomic E-state index is 0.0439. The molecule has 1 unspecified atom stereocenters. The lowest BCUT2D eigenvalue weighted by atomic mass is 9.87. The number of benzene rings is 1. The Kier molecular flexibility index (Phi) is 3.44. The summed E-state index contributed by atoms with van der Waals surface area (Å²) >= 11 is 0. The van der Waals surface area contributed by atoms with E-state index >= 15 is 0 Å². The van der Waals surface area contributed by atoms with Crippen molar-refractivity contribution in [3.05, 3.63) is 35.4 Å². The van der Waals surface area contributed by atoms with Crippen molar-refractivity contribution >= 4 is 5.91 Å². The molecule has 1 aliphatic heterocycles. The van der Waals surface area contributed by atoms with E-state index in [9.17, 15) is 9.90 Å². The van der Waals surface area contributed by atoms with Gasteiger partial charge in [0.1, 0.15) is 0 Å². The average molecular weight is 247 g/mol. The molecule has 0 aliphatic carbocycles. The van der Waals surface area contributed by atoms with Gasteiger partial charge in [-0.2, -0.15) is 0 Å². The predicted molar refractivity (Wildman–Crippen MR) is 71.2 cm³/mol. The quantitative estimate of drug-likeness (QED) is 0.869. The smallest absolute Gasteiger partial charge is 0.225 e. The number of β-amino-alcohol motifs (C(OH)–C–C–N with tert-alkyl or cyclic N) is 1. The molecule has 1 saturated heterocycles. The number of hydrogen-bond acceptors (Lipinski definition) is 2. The van der Waals surface area contributed by atoms with Gasteiger partial charge in [-0.05, 0) is 16.5 Å². The van der Waals surface area contributed by atoms with Crippen LogP contribution in [0, 0.1) is 0 Å². The molecule has 0 aromatic heterocycles. The largest absolute Gasteiger partial charge is 0.391 e. The summed E-state index contributed by atoms with van der Waals surface area (Å²) in [5, 5.41) is 9.44. The molecule has 1 heterocycles. The van der Waals surface area contributed by atoms with E-state index in [0.29, 0.717) is 13.1 Å². The van der Waals surface area contributed by atoms with E-state index in [4.69, 9.17) is 0 Å². The zero-order valence-electron chi connectivity index (χ0n) is 11.3. The number of aliphatic hydroxyl groups excluding tert-OH is 1. The summed E-state index contributed by atoms with van der Waals surface area (Å²) in [7, 11) is 0. The van der Waals surface area contributed by atoms with Crippen LogP contribution in [0.15, 0.2) is 24.3 Å². The second kappa shape index (κ2) is 4.73. The number of likely N-dealkylation sites (tertiary alicyclic amines) is 1. The number of nitrogens with zero attached hydrogens (tertiary/aromatic N) is 1. The second-order valence-corrected chi connectivity index (χ2v) is 6.08. The van der Waals surface area contributed by atoms with Crippen LogP contribution < -0.4 is 0 Å². The van der Waals surface area contributed by atoms with E-state index < -0.39 is 6.10 Å². The third-order valence-corrected chi connectivity index (χ3v) is 3.39. The standard InChI is InChI=1S/C15H21NO2/c1-15(2,3)12-6-4-11(5-7-12)9-16-10-13(17)8-14(16)18/h4-7,13,17H,8-10H2,1-3H3. The van der Waals surface area contributed by atoms with Gasteiger partial charge in [-0.15, -0.1) is 0 Å². The van der Waals surface area contributed by atoms with Crippen LogP contribution in [0.1, 0.15) is 38.3 Å². The number of aliphatic hydroxyl groups is 1. The summed E-state index contributed by atoms with van der Waals surface area (Å²) < 4.78 is 0. The number of rotatable bonds is 2. The van der Waals surface area contributed by atoms with Crippen molar-refractivity contribution in [1.82, 2.24) is 4.90 Å². The van der Waals surface area contributed by atoms with Crippen LogP contribution in [0.5, 0.6) is 0 Å². The maximum atomic E-state index is 11.6. The van der Waals surface area contributed by atoms with Gasteiger partial charge in [-0.3, -0.25) is 4.79 Å². The third-order valence-electron chi connectivity index (χ3n) is 3.39. The fourth-order valence-electron chi connectivity index (χ4n) is 2.23. The van der Waals surface area contributed by atoms with Gasteiger partial charge in [-0.25, -0.2) is 0 Å². The first-order chi connectivity index (χ1) is 8.36. The van der Waals surface area contributed by atoms with Crippen LogP contribution in [0.2, 0.25) is 0 Å². The number of carbonyl (C=O) groups excluding carboxylic acids is 1. The Hall–Kier alpha value is -1.35. The van der Waals surface area contributed by atoms with E-state index in [1.165, 1.54) is 5.56 Å². The molecule has 3 heteroatoms. The van der Waals surface area contributed by atoms with E-state index in [1.54, 1.807) is 4.90 Å². The molecule has 1 atom stereocenters. The molecule has 2 rings (SSSR count). The summed E-state index contributed by atoms with van der Waals surface area (Å²) in [5.74, 6) is 0.0439. The van der Waals surface area contributed by atoms with Crippen molar-refractivity contribution in [2.24, 2.45) is 0 Å². The van der Waals surface area contributed by atoms with E-state index in [-0.39, 0.29) is 17.7 Å². The zero-order valence-corrected chi connectivity index (χ0v) is 11.3. The van der Waals surface area contributed by atoms with Crippen molar-refractivity contribution in [3.8, 4) is 0 Å². The molecule has 1 fully saturated rings. The summed E-state index contributed by atoms with van der Waals surface area (Å²) in [5.41, 5.74) is 2.56. The Morgan fingerprint density at radius 1 is 1.28 bits per heavy atom. The van der Waals surface area contributed by atoms with Gasteiger partial charge in [-0.1, -0.05) is 45.0 Å². The molecule has 0 radical (unpaired) electrons. The molecule has 1 aromatic rings. The SMILES string of the molecule is CC(C)(C)c1ccc(CN2CC(O)CC2=O)cc1. The molecular weight excluding hydrogens is 226 g/mol. The molecular formula is C15H21NO2. The van der Waals surface area contributed by atoms with Gasteiger partial charge in [0.2, 0.25) is 5.91 Å². The van der Waals surface area contributed by atoms with E-state index in [1.807, 2.05) is 0 Å². The molecule has 1 aliphatic rings. The van der Waals surface area contributed by atoms with Gasteiger partial charge >= 0.3 is 0 Å². The molecule has 1 amide bonds. The van der Waals surface area contributed by atoms with Gasteiger partial charge in [0.15, 0.2) is 0 Å². The number of carbonyl (C=O) groups is 1.